The predicted molar refractivity (Wildman–Crippen MR) is 166 cm³/mol. The van der Waals surface area contributed by atoms with Crippen molar-refractivity contribution in [1.82, 2.24) is 5.32 Å². The number of nitrogens with one attached hydrogen (secondary N) is 1. The van der Waals surface area contributed by atoms with Gasteiger partial charge in [-0.2, -0.15) is 0 Å². The van der Waals surface area contributed by atoms with Crippen LogP contribution in [0.1, 0.15) is 6.92 Å². The van der Waals surface area contributed by atoms with Gasteiger partial charge in [-0.15, -0.1) is 0 Å². The molecule has 52 heavy (non-hydrogen) atoms. The summed E-state index contributed by atoms with van der Waals surface area (Å²) in [6, 6.07) is -4.57. The Balaban J connectivity index is 1.80. The molecule has 4 aliphatic rings. The highest BCUT2D eigenvalue weighted by Crippen LogP contribution is 2.42. The normalized spacial score (nSPS) is 48.1. The molecule has 0 radical (unpaired) electrons. The van der Waals surface area contributed by atoms with Crippen LogP contribution in [-0.4, -0.2) is 211 Å². The minimum atomic E-state index is -2.57. The number of aldehydes is 1. The Bertz CT molecular complexity index is 1310. The second kappa shape index (κ2) is 16.6. The number of aliphatic imine (C=N–C) groups is 2. The van der Waals surface area contributed by atoms with Crippen molar-refractivity contribution in [1.29, 1.82) is 0 Å². The Hall–Kier alpha value is -2.96. The van der Waals surface area contributed by atoms with Crippen LogP contribution in [0.2, 0.25) is 0 Å². The van der Waals surface area contributed by atoms with Gasteiger partial charge in [-0.05, 0) is 14.0 Å². The lowest BCUT2D eigenvalue weighted by Gasteiger charge is -2.47. The zero-order valence-electron chi connectivity index (χ0n) is 27.7. The number of likely N-dealkylation sites (N-methyl/N-ethyl adjacent to an activating group) is 1. The Morgan fingerprint density at radius 3 is 1.92 bits per heavy atom. The van der Waals surface area contributed by atoms with Crippen molar-refractivity contribution in [2.24, 2.45) is 32.9 Å². The van der Waals surface area contributed by atoms with Crippen molar-refractivity contribution >= 4 is 24.2 Å². The van der Waals surface area contributed by atoms with Gasteiger partial charge in [0.25, 0.3) is 0 Å². The summed E-state index contributed by atoms with van der Waals surface area (Å²) in [6.45, 7) is 0.389. The van der Waals surface area contributed by atoms with Crippen molar-refractivity contribution in [3.05, 3.63) is 0 Å². The molecule has 3 heterocycles. The molecule has 4 fully saturated rings. The average molecular weight is 758 g/mol. The molecule has 0 aromatic rings. The molecular weight excluding hydrogens is 710 g/mol. The third kappa shape index (κ3) is 7.80. The van der Waals surface area contributed by atoms with Crippen molar-refractivity contribution < 1.29 is 89.1 Å². The van der Waals surface area contributed by atoms with E-state index in [0.29, 0.717) is 0 Å². The maximum absolute atomic E-state index is 13.2. The van der Waals surface area contributed by atoms with E-state index in [4.69, 9.17) is 51.4 Å². The summed E-state index contributed by atoms with van der Waals surface area (Å²) in [6.07, 6.45) is -30.4. The Morgan fingerprint density at radius 2 is 1.38 bits per heavy atom. The van der Waals surface area contributed by atoms with Gasteiger partial charge in [0.15, 0.2) is 48.8 Å². The molecule has 3 saturated heterocycles. The molecule has 0 bridgehead atoms. The summed E-state index contributed by atoms with van der Waals surface area (Å²) in [4.78, 5) is 32.6. The van der Waals surface area contributed by atoms with Gasteiger partial charge in [-0.1, -0.05) is 0 Å². The van der Waals surface area contributed by atoms with Crippen LogP contribution in [-0.2, 0) is 38.0 Å². The molecule has 3 aliphatic heterocycles. The number of guanidine groups is 2. The van der Waals surface area contributed by atoms with E-state index in [0.717, 1.165) is 0 Å². The third-order valence-corrected chi connectivity index (χ3v) is 9.44. The number of hydrogen-bond donors (Lipinski definition) is 15. The van der Waals surface area contributed by atoms with Crippen molar-refractivity contribution in [2.45, 2.75) is 129 Å². The first-order valence-corrected chi connectivity index (χ1v) is 15.9. The van der Waals surface area contributed by atoms with Gasteiger partial charge in [0, 0.05) is 0 Å². The summed E-state index contributed by atoms with van der Waals surface area (Å²) < 4.78 is 34.8. The van der Waals surface area contributed by atoms with E-state index in [2.05, 4.69) is 15.3 Å². The summed E-state index contributed by atoms with van der Waals surface area (Å²) in [7, 11) is 1.34. The maximum atomic E-state index is 13.2. The molecule has 298 valence electrons. The molecule has 25 heteroatoms. The second-order valence-corrected chi connectivity index (χ2v) is 12.7. The fraction of sp³-hybridized carbons (Fsp3) is 0.852. The first kappa shape index (κ1) is 41.8. The van der Waals surface area contributed by atoms with Gasteiger partial charge in [-0.3, -0.25) is 4.79 Å². The third-order valence-electron chi connectivity index (χ3n) is 9.44. The number of carboxylic acid groups (broad SMARTS) is 1. The van der Waals surface area contributed by atoms with E-state index in [-0.39, 0.29) is 6.29 Å². The van der Waals surface area contributed by atoms with E-state index >= 15 is 0 Å². The Labute approximate surface area is 294 Å². The fourth-order valence-corrected chi connectivity index (χ4v) is 6.61. The maximum Gasteiger partial charge on any atom is 0.335 e. The van der Waals surface area contributed by atoms with Gasteiger partial charge < -0.3 is 108 Å². The topological polar surface area (TPSA) is 433 Å². The number of carboxylic acids is 1. The van der Waals surface area contributed by atoms with E-state index in [9.17, 15) is 60.7 Å². The van der Waals surface area contributed by atoms with Crippen LogP contribution < -0.4 is 28.3 Å². The molecule has 19 N–H and O–H groups in total. The molecule has 20 atom stereocenters. The Kier molecular flexibility index (Phi) is 13.3. The van der Waals surface area contributed by atoms with Gasteiger partial charge in [-0.25, -0.2) is 14.8 Å². The molecule has 5 unspecified atom stereocenters. The van der Waals surface area contributed by atoms with E-state index in [1.54, 1.807) is 0 Å². The number of carbonyl (C=O) groups excluding carboxylic acids is 1. The number of aliphatic carboxylic acids is 1. The molecule has 1 saturated carbocycles. The van der Waals surface area contributed by atoms with Crippen molar-refractivity contribution in [2.75, 3.05) is 13.7 Å². The molecule has 0 aromatic carbocycles. The molecular formula is C27H47N7O18. The highest BCUT2D eigenvalue weighted by Gasteiger charge is 2.64. The molecule has 1 aliphatic carbocycles. The zero-order chi connectivity index (χ0) is 39.0. The van der Waals surface area contributed by atoms with E-state index in [1.807, 2.05) is 0 Å². The number of aliphatic hydroxyl groups excluding tert-OH is 9. The zero-order valence-corrected chi connectivity index (χ0v) is 27.7. The van der Waals surface area contributed by atoms with E-state index < -0.39 is 146 Å². The lowest BCUT2D eigenvalue weighted by Crippen LogP contribution is -2.68. The van der Waals surface area contributed by atoms with Crippen LogP contribution in [0.3, 0.4) is 0 Å². The second-order valence-electron chi connectivity index (χ2n) is 12.7. The number of hydrogen-bond acceptors (Lipinski definition) is 20. The van der Waals surface area contributed by atoms with Gasteiger partial charge >= 0.3 is 5.97 Å². The summed E-state index contributed by atoms with van der Waals surface area (Å²) >= 11 is 0. The highest BCUT2D eigenvalue weighted by atomic mass is 16.8. The van der Waals surface area contributed by atoms with Crippen molar-refractivity contribution in [3.63, 3.8) is 0 Å². The van der Waals surface area contributed by atoms with Crippen LogP contribution in [0.4, 0.5) is 0 Å². The first-order valence-electron chi connectivity index (χ1n) is 15.9. The number of rotatable bonds is 12. The van der Waals surface area contributed by atoms with Crippen LogP contribution in [0.5, 0.6) is 0 Å². The number of carbonyl (C=O) groups is 2. The van der Waals surface area contributed by atoms with Crippen LogP contribution in [0.15, 0.2) is 9.98 Å². The number of ether oxygens (including phenoxy) is 6. The lowest BCUT2D eigenvalue weighted by molar-refractivity contribution is -0.343. The number of nitrogens with zero attached hydrogens (tertiary/aromatic N) is 2. The molecule has 0 aromatic heterocycles. The van der Waals surface area contributed by atoms with Crippen LogP contribution in [0, 0.1) is 0 Å². The monoisotopic (exact) mass is 757 g/mol. The highest BCUT2D eigenvalue weighted by molar-refractivity contribution is 5.77. The van der Waals surface area contributed by atoms with Crippen molar-refractivity contribution in [3.8, 4) is 0 Å². The molecule has 4 rings (SSSR count). The van der Waals surface area contributed by atoms with Gasteiger partial charge in [0.05, 0.1) is 18.8 Å². The fourth-order valence-electron chi connectivity index (χ4n) is 6.61. The lowest BCUT2D eigenvalue weighted by atomic mass is 9.81. The predicted octanol–water partition coefficient (Wildman–Crippen LogP) is -10.2. The SMILES string of the molecule is CN[C@@H]1[C@H](O[C@H]2[C@H](O[C@H]3[C@H](O)[C@@H](O)[C@H](N=C(N)N)[C@@H](O)[C@@H]3N=C(N)N)O[C@@H](C)[C@@]2(C=O)OC2OC(C(=O)O)C(O)C(O)C2O)O[C@@H](CO)[C@H](O)[C@H]1O. The van der Waals surface area contributed by atoms with Crippen LogP contribution in [0.25, 0.3) is 0 Å². The summed E-state index contributed by atoms with van der Waals surface area (Å²) in [5.41, 5.74) is 19.4. The Morgan fingerprint density at radius 1 is 0.769 bits per heavy atom. The number of nitrogens with two attached hydrogens (primary N) is 4. The quantitative estimate of drug-likeness (QED) is 0.0499. The molecule has 0 spiro atoms. The molecule has 0 amide bonds. The standard InChI is InChI=1S/C27H47N7O18/c1-5-27(4-36,52-23-17(44)14(41)16(43)19(50-23)21(45)46)20(51-22-9(32-2)13(40)10(37)6(3-35)48-22)24(47-5)49-18-8(34-26(30)31)11(38)7(33-25(28)29)12(39)15(18)42/h4-20,22-24,32,35,37-44H,3H2,1-2H3,(H,45,46)(H4,28,29,33)(H4,30,31,34)/t5-,6-,7+,8-,9-,10-,11+,12-,13-,14?,15+,16?,17?,18+,19?,20-,22-,23?,24-,27+/m0/s1. The minimum absolute atomic E-state index is 0.0875. The number of aliphatic hydroxyl groups is 9. The summed E-state index contributed by atoms with van der Waals surface area (Å²) in [5, 5.41) is 108. The van der Waals surface area contributed by atoms with Gasteiger partial charge in [0.2, 0.25) is 0 Å². The average Bonchev–Trinajstić information content (AvgIpc) is 3.33. The first-order chi connectivity index (χ1) is 24.3. The van der Waals surface area contributed by atoms with E-state index in [1.165, 1.54) is 14.0 Å². The smallest absolute Gasteiger partial charge is 0.335 e. The largest absolute Gasteiger partial charge is 0.479 e. The summed E-state index contributed by atoms with van der Waals surface area (Å²) in [5.74, 6) is -2.99. The van der Waals surface area contributed by atoms with Crippen LogP contribution >= 0.6 is 0 Å². The van der Waals surface area contributed by atoms with Gasteiger partial charge in [0.1, 0.15) is 79.2 Å². The molecule has 25 nitrogen and oxygen atoms in total. The minimum Gasteiger partial charge on any atom is -0.479 e.